The Balaban J connectivity index is 1.22. The highest BCUT2D eigenvalue weighted by Gasteiger charge is 2.27. The fourth-order valence-electron chi connectivity index (χ4n) is 4.13. The molecule has 3 aromatic carbocycles. The quantitative estimate of drug-likeness (QED) is 0.154. The molecule has 0 spiro atoms. The van der Waals surface area contributed by atoms with Gasteiger partial charge in [0, 0.05) is 42.0 Å². The van der Waals surface area contributed by atoms with Gasteiger partial charge in [0.25, 0.3) is 16.8 Å². The normalized spacial score (nSPS) is 11.7. The first-order valence-electron chi connectivity index (χ1n) is 12.3. The lowest BCUT2D eigenvalue weighted by Gasteiger charge is -2.20. The Labute approximate surface area is 252 Å². The largest absolute Gasteiger partial charge is 0.480 e. The predicted molar refractivity (Wildman–Crippen MR) is 161 cm³/mol. The van der Waals surface area contributed by atoms with Gasteiger partial charge in [-0.2, -0.15) is 0 Å². The molecule has 0 saturated heterocycles. The number of hydrogen-bond donors (Lipinski definition) is 4. The van der Waals surface area contributed by atoms with E-state index in [1.807, 2.05) is 29.6 Å². The number of halogens is 2. The molecule has 0 saturated carbocycles. The molecular weight excluding hydrogens is 603 g/mol. The molecule has 14 heteroatoms. The van der Waals surface area contributed by atoms with Gasteiger partial charge in [-0.05, 0) is 34.8 Å². The molecule has 0 aliphatic rings. The van der Waals surface area contributed by atoms with Gasteiger partial charge in [0.1, 0.15) is 23.1 Å². The van der Waals surface area contributed by atoms with Gasteiger partial charge in [-0.1, -0.05) is 64.1 Å². The van der Waals surface area contributed by atoms with Crippen molar-refractivity contribution in [3.05, 3.63) is 113 Å². The van der Waals surface area contributed by atoms with Crippen LogP contribution in [0.4, 0.5) is 17.1 Å². The highest BCUT2D eigenvalue weighted by atomic mass is 35.5. The van der Waals surface area contributed by atoms with Crippen LogP contribution in [0.2, 0.25) is 10.0 Å². The number of amides is 1. The molecule has 0 unspecified atom stereocenters. The number of carbonyl (C=O) groups excluding carboxylic acids is 1. The summed E-state index contributed by atoms with van der Waals surface area (Å²) in [5.74, 6) is -1.74. The molecule has 5 rings (SSSR count). The van der Waals surface area contributed by atoms with Crippen LogP contribution in [-0.4, -0.2) is 37.6 Å². The van der Waals surface area contributed by atoms with Crippen molar-refractivity contribution in [2.45, 2.75) is 19.0 Å². The number of aliphatic carboxylic acids is 1. The molecule has 0 aliphatic carbocycles. The van der Waals surface area contributed by atoms with Crippen LogP contribution in [0.3, 0.4) is 0 Å². The summed E-state index contributed by atoms with van der Waals surface area (Å²) in [6, 6.07) is 12.7. The Hall–Kier alpha value is -4.65. The van der Waals surface area contributed by atoms with E-state index in [1.165, 1.54) is 23.9 Å². The number of aromatic nitrogens is 3. The molecule has 0 radical (unpaired) electrons. The van der Waals surface area contributed by atoms with Gasteiger partial charge < -0.3 is 21.1 Å². The van der Waals surface area contributed by atoms with Gasteiger partial charge in [0.2, 0.25) is 0 Å². The lowest BCUT2D eigenvalue weighted by Crippen LogP contribution is -2.42. The minimum absolute atomic E-state index is 0.00322. The van der Waals surface area contributed by atoms with E-state index in [9.17, 15) is 24.3 Å². The van der Waals surface area contributed by atoms with Crippen LogP contribution in [0.1, 0.15) is 21.5 Å². The Kier molecular flexibility index (Phi) is 8.57. The minimum atomic E-state index is -1.21. The molecule has 212 valence electrons. The first-order chi connectivity index (χ1) is 20.2. The Morgan fingerprint density at radius 1 is 0.905 bits per heavy atom. The Morgan fingerprint density at radius 2 is 1.55 bits per heavy atom. The molecule has 42 heavy (non-hydrogen) atoms. The highest BCUT2D eigenvalue weighted by Crippen LogP contribution is 2.25. The summed E-state index contributed by atoms with van der Waals surface area (Å²) in [4.78, 5) is 53.0. The molecule has 2 heterocycles. The van der Waals surface area contributed by atoms with Crippen molar-refractivity contribution in [3.63, 3.8) is 0 Å². The van der Waals surface area contributed by atoms with Crippen molar-refractivity contribution < 1.29 is 14.7 Å². The molecule has 1 atom stereocenters. The van der Waals surface area contributed by atoms with Crippen molar-refractivity contribution in [3.8, 4) is 11.3 Å². The molecule has 5 aromatic rings. The lowest BCUT2D eigenvalue weighted by atomic mass is 10.0. The number of pyridine rings is 1. The van der Waals surface area contributed by atoms with Crippen molar-refractivity contribution in [1.29, 1.82) is 0 Å². The predicted octanol–water partition coefficient (Wildman–Crippen LogP) is 4.48. The van der Waals surface area contributed by atoms with E-state index < -0.39 is 28.8 Å². The van der Waals surface area contributed by atoms with E-state index in [2.05, 4.69) is 30.5 Å². The average molecular weight is 623 g/mol. The number of rotatable bonds is 11. The molecule has 4 N–H and O–H groups in total. The number of nitrogens with one attached hydrogen (secondary N) is 3. The molecule has 11 nitrogen and oxygen atoms in total. The molecule has 2 aromatic heterocycles. The van der Waals surface area contributed by atoms with Gasteiger partial charge >= 0.3 is 5.97 Å². The van der Waals surface area contributed by atoms with E-state index in [0.29, 0.717) is 11.3 Å². The molecule has 0 fully saturated rings. The van der Waals surface area contributed by atoms with Gasteiger partial charge in [-0.25, -0.2) is 4.79 Å². The van der Waals surface area contributed by atoms with E-state index in [0.717, 1.165) is 16.8 Å². The zero-order chi connectivity index (χ0) is 29.8. The SMILES string of the molecule is O=C(Nc1ccc(C[C@H](Nc2c(NCc3ccc(-c4csnn4)cc3)c(=O)c2=O)C(=O)O)cc1)c1c(Cl)cncc1Cl. The fourth-order valence-corrected chi connectivity index (χ4v) is 5.13. The first kappa shape index (κ1) is 28.9. The Bertz CT molecular complexity index is 1800. The lowest BCUT2D eigenvalue weighted by molar-refractivity contribution is -0.137. The highest BCUT2D eigenvalue weighted by molar-refractivity contribution is 7.03. The maximum absolute atomic E-state index is 12.6. The first-order valence-corrected chi connectivity index (χ1v) is 13.9. The van der Waals surface area contributed by atoms with Gasteiger partial charge in [0.05, 0.1) is 15.6 Å². The van der Waals surface area contributed by atoms with Gasteiger partial charge in [0.15, 0.2) is 0 Å². The standard InChI is InChI=1S/C28H20Cl2N6O5S/c29-18-11-31-12-19(30)22(18)27(39)33-17-7-3-14(4-8-17)9-20(28(40)41)34-24-23(25(37)26(24)38)32-10-15-1-5-16(6-2-15)21-13-42-36-35-21/h1-8,11-13,20,32,34H,9-10H2,(H,33,39)(H,40,41)/t20-/m0/s1. The number of carbonyl (C=O) groups is 2. The number of nitrogens with zero attached hydrogens (tertiary/aromatic N) is 3. The Morgan fingerprint density at radius 3 is 2.17 bits per heavy atom. The molecule has 0 aliphatic heterocycles. The summed E-state index contributed by atoms with van der Waals surface area (Å²) in [5.41, 5.74) is 2.06. The van der Waals surface area contributed by atoms with Gasteiger partial charge in [-0.3, -0.25) is 19.4 Å². The van der Waals surface area contributed by atoms with Crippen molar-refractivity contribution in [2.75, 3.05) is 16.0 Å². The maximum atomic E-state index is 12.6. The van der Waals surface area contributed by atoms with E-state index in [-0.39, 0.29) is 39.9 Å². The van der Waals surface area contributed by atoms with Crippen LogP contribution < -0.4 is 26.8 Å². The third kappa shape index (κ3) is 6.30. The van der Waals surface area contributed by atoms with Crippen LogP contribution in [0.25, 0.3) is 11.3 Å². The maximum Gasteiger partial charge on any atom is 0.326 e. The summed E-state index contributed by atoms with van der Waals surface area (Å²) < 4.78 is 3.85. The number of hydrogen-bond acceptors (Lipinski definition) is 10. The van der Waals surface area contributed by atoms with Gasteiger partial charge in [-0.15, -0.1) is 5.10 Å². The van der Waals surface area contributed by atoms with Crippen LogP contribution in [-0.2, 0) is 17.8 Å². The molecule has 0 bridgehead atoms. The monoisotopic (exact) mass is 622 g/mol. The average Bonchev–Trinajstić information content (AvgIpc) is 3.52. The topological polar surface area (TPSA) is 163 Å². The second-order valence-electron chi connectivity index (χ2n) is 9.12. The minimum Gasteiger partial charge on any atom is -0.480 e. The smallest absolute Gasteiger partial charge is 0.326 e. The number of carboxylic acid groups (broad SMARTS) is 1. The van der Waals surface area contributed by atoms with E-state index in [4.69, 9.17) is 23.2 Å². The van der Waals surface area contributed by atoms with Crippen LogP contribution in [0.15, 0.2) is 75.9 Å². The van der Waals surface area contributed by atoms with Crippen molar-refractivity contribution >= 4 is 63.7 Å². The summed E-state index contributed by atoms with van der Waals surface area (Å²) in [5, 5.41) is 24.2. The van der Waals surface area contributed by atoms with Crippen LogP contribution in [0, 0.1) is 0 Å². The second kappa shape index (κ2) is 12.5. The molecular formula is C28H20Cl2N6O5S. The third-order valence-electron chi connectivity index (χ3n) is 6.34. The van der Waals surface area contributed by atoms with E-state index in [1.54, 1.807) is 24.3 Å². The zero-order valence-corrected chi connectivity index (χ0v) is 23.8. The summed E-state index contributed by atoms with van der Waals surface area (Å²) >= 11 is 13.3. The number of benzene rings is 2. The number of carboxylic acids is 1. The van der Waals surface area contributed by atoms with Crippen molar-refractivity contribution in [2.24, 2.45) is 0 Å². The summed E-state index contributed by atoms with van der Waals surface area (Å²) in [6.07, 6.45) is 2.61. The van der Waals surface area contributed by atoms with Crippen LogP contribution in [0.5, 0.6) is 0 Å². The third-order valence-corrected chi connectivity index (χ3v) is 7.42. The number of anilines is 3. The molecule has 1 amide bonds. The van der Waals surface area contributed by atoms with E-state index >= 15 is 0 Å². The fraction of sp³-hybridized carbons (Fsp3) is 0.107. The summed E-state index contributed by atoms with van der Waals surface area (Å²) in [7, 11) is 0. The summed E-state index contributed by atoms with van der Waals surface area (Å²) in [6.45, 7) is 0.246. The zero-order valence-electron chi connectivity index (χ0n) is 21.4. The van der Waals surface area contributed by atoms with Crippen LogP contribution >= 0.6 is 34.7 Å². The second-order valence-corrected chi connectivity index (χ2v) is 10.5. The van der Waals surface area contributed by atoms with Crippen molar-refractivity contribution in [1.82, 2.24) is 14.6 Å².